The zero-order valence-corrected chi connectivity index (χ0v) is 20.6. The van der Waals surface area contributed by atoms with Crippen LogP contribution in [0.25, 0.3) is 17.0 Å². The van der Waals surface area contributed by atoms with Crippen LogP contribution in [-0.2, 0) is 4.74 Å². The highest BCUT2D eigenvalue weighted by Crippen LogP contribution is 2.47. The fourth-order valence-corrected chi connectivity index (χ4v) is 4.40. The summed E-state index contributed by atoms with van der Waals surface area (Å²) in [6.07, 6.45) is 11.6. The van der Waals surface area contributed by atoms with Crippen molar-refractivity contribution in [1.29, 1.82) is 0 Å². The molecule has 3 aromatic heterocycles. The second kappa shape index (κ2) is 9.82. The van der Waals surface area contributed by atoms with Gasteiger partial charge < -0.3 is 13.8 Å². The van der Waals surface area contributed by atoms with E-state index >= 15 is 0 Å². The van der Waals surface area contributed by atoms with Crippen LogP contribution >= 0.6 is 0 Å². The lowest BCUT2D eigenvalue weighted by atomic mass is 9.93. The maximum Gasteiger partial charge on any atom is 0.164 e. The third-order valence-corrected chi connectivity index (χ3v) is 6.55. The van der Waals surface area contributed by atoms with Gasteiger partial charge in [-0.05, 0) is 55.6 Å². The van der Waals surface area contributed by atoms with E-state index in [4.69, 9.17) is 13.8 Å². The molecule has 4 heterocycles. The summed E-state index contributed by atoms with van der Waals surface area (Å²) >= 11 is 0. The Morgan fingerprint density at radius 3 is 1.85 bits per heavy atom. The van der Waals surface area contributed by atoms with Gasteiger partial charge in [-0.15, -0.1) is 0 Å². The molecule has 3 aromatic rings. The Morgan fingerprint density at radius 2 is 1.35 bits per heavy atom. The SMILES string of the molecule is CC(C)c1noc(C2CC2)c1-c1ncccn1.CC(C)c1noc(C2CC2)c1C1=CCOCC1. The van der Waals surface area contributed by atoms with E-state index < -0.39 is 0 Å². The molecule has 180 valence electrons. The minimum Gasteiger partial charge on any atom is -0.377 e. The number of nitrogens with zero attached hydrogens (tertiary/aromatic N) is 4. The Labute approximate surface area is 201 Å². The van der Waals surface area contributed by atoms with Crippen LogP contribution in [-0.4, -0.2) is 33.5 Å². The number of hydrogen-bond donors (Lipinski definition) is 0. The lowest BCUT2D eigenvalue weighted by molar-refractivity contribution is 0.161. The number of rotatable bonds is 6. The first-order valence-corrected chi connectivity index (χ1v) is 12.6. The highest BCUT2D eigenvalue weighted by Gasteiger charge is 2.35. The topological polar surface area (TPSA) is 87.1 Å². The Morgan fingerprint density at radius 1 is 0.794 bits per heavy atom. The van der Waals surface area contributed by atoms with Gasteiger partial charge in [0.25, 0.3) is 0 Å². The summed E-state index contributed by atoms with van der Waals surface area (Å²) in [4.78, 5) is 8.65. The molecule has 0 N–H and O–H groups in total. The van der Waals surface area contributed by atoms with Crippen molar-refractivity contribution in [2.24, 2.45) is 0 Å². The molecule has 2 saturated carbocycles. The highest BCUT2D eigenvalue weighted by molar-refractivity contribution is 5.70. The largest absolute Gasteiger partial charge is 0.377 e. The smallest absolute Gasteiger partial charge is 0.164 e. The summed E-state index contributed by atoms with van der Waals surface area (Å²) in [6, 6.07) is 1.82. The molecule has 0 saturated heterocycles. The third kappa shape index (κ3) is 4.85. The number of hydrogen-bond acceptors (Lipinski definition) is 7. The summed E-state index contributed by atoms with van der Waals surface area (Å²) in [5.41, 5.74) is 5.79. The van der Waals surface area contributed by atoms with Crippen molar-refractivity contribution in [3.05, 3.63) is 53.0 Å². The van der Waals surface area contributed by atoms with Gasteiger partial charge in [-0.3, -0.25) is 0 Å². The molecule has 0 spiro atoms. The monoisotopic (exact) mass is 462 g/mol. The molecule has 2 aliphatic carbocycles. The van der Waals surface area contributed by atoms with Crippen LogP contribution in [0.1, 0.15) is 112 Å². The van der Waals surface area contributed by atoms with Crippen LogP contribution < -0.4 is 0 Å². The predicted molar refractivity (Wildman–Crippen MR) is 130 cm³/mol. The molecule has 7 nitrogen and oxygen atoms in total. The maximum absolute atomic E-state index is 5.60. The van der Waals surface area contributed by atoms with Gasteiger partial charge in [0.15, 0.2) is 11.6 Å². The molecule has 0 unspecified atom stereocenters. The van der Waals surface area contributed by atoms with Crippen molar-refractivity contribution >= 4 is 5.57 Å². The molecular weight excluding hydrogens is 428 g/mol. The standard InChI is InChI=1S/C14H19NO2.C13H15N3O/c1-9(2)13-12(10-5-7-16-8-6-10)14(17-15-13)11-3-4-11;1-8(2)11-10(13-14-6-3-7-15-13)12(17-16-11)9-4-5-9/h5,9,11H,3-4,6-8H2,1-2H3;3,6-9H,4-5H2,1-2H3. The molecule has 6 rings (SSSR count). The molecule has 0 atom stereocenters. The Balaban J connectivity index is 0.000000142. The summed E-state index contributed by atoms with van der Waals surface area (Å²) in [5, 5.41) is 8.49. The maximum atomic E-state index is 5.60. The summed E-state index contributed by atoms with van der Waals surface area (Å²) < 4.78 is 16.5. The van der Waals surface area contributed by atoms with Gasteiger partial charge in [0.1, 0.15) is 5.76 Å². The van der Waals surface area contributed by atoms with Gasteiger partial charge in [0.2, 0.25) is 0 Å². The van der Waals surface area contributed by atoms with E-state index in [0.29, 0.717) is 23.7 Å². The van der Waals surface area contributed by atoms with Crippen molar-refractivity contribution in [2.45, 2.75) is 83.5 Å². The average Bonchev–Trinajstić information content (AvgIpc) is 3.79. The van der Waals surface area contributed by atoms with Crippen LogP contribution in [0.2, 0.25) is 0 Å². The molecule has 0 amide bonds. The second-order valence-electron chi connectivity index (χ2n) is 10.1. The van der Waals surface area contributed by atoms with Gasteiger partial charge in [-0.1, -0.05) is 44.1 Å². The average molecular weight is 463 g/mol. The fourth-order valence-electron chi connectivity index (χ4n) is 4.40. The zero-order chi connectivity index (χ0) is 23.7. The van der Waals surface area contributed by atoms with Gasteiger partial charge >= 0.3 is 0 Å². The van der Waals surface area contributed by atoms with Crippen molar-refractivity contribution in [3.8, 4) is 11.4 Å². The molecule has 7 heteroatoms. The number of aromatic nitrogens is 4. The molecule has 34 heavy (non-hydrogen) atoms. The highest BCUT2D eigenvalue weighted by atomic mass is 16.5. The lowest BCUT2D eigenvalue weighted by Gasteiger charge is -2.15. The minimum atomic E-state index is 0.324. The Hall–Kier alpha value is -2.80. The van der Waals surface area contributed by atoms with Crippen LogP contribution in [0.3, 0.4) is 0 Å². The van der Waals surface area contributed by atoms with Gasteiger partial charge in [0, 0.05) is 29.8 Å². The minimum absolute atomic E-state index is 0.324. The second-order valence-corrected chi connectivity index (χ2v) is 10.1. The van der Waals surface area contributed by atoms with E-state index in [1.54, 1.807) is 12.4 Å². The van der Waals surface area contributed by atoms with Crippen LogP contribution in [0.4, 0.5) is 0 Å². The lowest BCUT2D eigenvalue weighted by Crippen LogP contribution is -2.06. The molecule has 0 aromatic carbocycles. The Bertz CT molecular complexity index is 1100. The third-order valence-electron chi connectivity index (χ3n) is 6.55. The van der Waals surface area contributed by atoms with E-state index in [2.05, 4.69) is 54.1 Å². The molecule has 2 fully saturated rings. The van der Waals surface area contributed by atoms with Crippen LogP contribution in [0, 0.1) is 0 Å². The molecular formula is C27H34N4O3. The van der Waals surface area contributed by atoms with E-state index in [1.165, 1.54) is 36.8 Å². The van der Waals surface area contributed by atoms with E-state index in [1.807, 2.05) is 6.07 Å². The van der Waals surface area contributed by atoms with Gasteiger partial charge in [-0.2, -0.15) is 0 Å². The number of ether oxygens (including phenoxy) is 1. The molecule has 1 aliphatic heterocycles. The van der Waals surface area contributed by atoms with Crippen molar-refractivity contribution < 1.29 is 13.8 Å². The zero-order valence-electron chi connectivity index (χ0n) is 20.6. The summed E-state index contributed by atoms with van der Waals surface area (Å²) in [7, 11) is 0. The van der Waals surface area contributed by atoms with Crippen molar-refractivity contribution in [2.75, 3.05) is 13.2 Å². The van der Waals surface area contributed by atoms with Crippen molar-refractivity contribution in [1.82, 2.24) is 20.3 Å². The van der Waals surface area contributed by atoms with E-state index in [-0.39, 0.29) is 0 Å². The fraction of sp³-hybridized carbons (Fsp3) is 0.556. The van der Waals surface area contributed by atoms with Gasteiger partial charge in [0.05, 0.1) is 30.2 Å². The predicted octanol–water partition coefficient (Wildman–Crippen LogP) is 6.61. The quantitative estimate of drug-likeness (QED) is 0.407. The first-order chi connectivity index (χ1) is 16.5. The van der Waals surface area contributed by atoms with Crippen molar-refractivity contribution in [3.63, 3.8) is 0 Å². The summed E-state index contributed by atoms with van der Waals surface area (Å²) in [5.74, 6) is 4.72. The normalized spacial score (nSPS) is 18.1. The molecule has 3 aliphatic rings. The first-order valence-electron chi connectivity index (χ1n) is 12.6. The molecule has 0 bridgehead atoms. The van der Waals surface area contributed by atoms with Crippen LogP contribution in [0.15, 0.2) is 33.6 Å². The first kappa shape index (κ1) is 23.0. The van der Waals surface area contributed by atoms with Gasteiger partial charge in [-0.25, -0.2) is 9.97 Å². The Kier molecular flexibility index (Phi) is 6.63. The summed E-state index contributed by atoms with van der Waals surface area (Å²) in [6.45, 7) is 10.1. The van der Waals surface area contributed by atoms with Crippen LogP contribution in [0.5, 0.6) is 0 Å². The van der Waals surface area contributed by atoms with E-state index in [9.17, 15) is 0 Å². The van der Waals surface area contributed by atoms with E-state index in [0.717, 1.165) is 53.9 Å². The molecule has 0 radical (unpaired) electrons.